The minimum absolute atomic E-state index is 0.0333. The lowest BCUT2D eigenvalue weighted by Crippen LogP contribution is -2.57. The molecule has 1 heterocycles. The van der Waals surface area contributed by atoms with Crippen LogP contribution in [0.3, 0.4) is 0 Å². The standard InChI is InChI=1S/C16H9F4NO4S/c17-15(18,16(19,20)14(23)24)13(22)21-9-5-1-3-7-11(9)26(25)12-8-4-2-6-10(12)21/h1-8H,(H,23,24). The highest BCUT2D eigenvalue weighted by Gasteiger charge is 2.69. The summed E-state index contributed by atoms with van der Waals surface area (Å²) in [7, 11) is 0. The molecule has 2 aromatic carbocycles. The van der Waals surface area contributed by atoms with Crippen LogP contribution in [0.2, 0.25) is 0 Å². The maximum atomic E-state index is 14.1. The van der Waals surface area contributed by atoms with Crippen molar-refractivity contribution in [1.82, 2.24) is 0 Å². The van der Waals surface area contributed by atoms with Crippen LogP contribution in [0.25, 0.3) is 0 Å². The van der Waals surface area contributed by atoms with E-state index in [0.717, 1.165) is 12.1 Å². The van der Waals surface area contributed by atoms with Gasteiger partial charge in [-0.15, -0.1) is 0 Å². The van der Waals surface area contributed by atoms with Crippen molar-refractivity contribution in [2.24, 2.45) is 0 Å². The van der Waals surface area contributed by atoms with Crippen LogP contribution in [0.1, 0.15) is 0 Å². The highest BCUT2D eigenvalue weighted by molar-refractivity contribution is 7.92. The summed E-state index contributed by atoms with van der Waals surface area (Å²) in [5, 5.41) is 8.41. The Morgan fingerprint density at radius 1 is 0.885 bits per heavy atom. The van der Waals surface area contributed by atoms with Crippen LogP contribution in [0.5, 0.6) is 0 Å². The summed E-state index contributed by atoms with van der Waals surface area (Å²) in [5.41, 5.74) is -0.564. The summed E-state index contributed by atoms with van der Waals surface area (Å²) < 4.78 is 67.8. The third-order valence-corrected chi connectivity index (χ3v) is 5.24. The number of carboxylic acid groups (broad SMARTS) is 1. The highest BCUT2D eigenvalue weighted by atomic mass is 32.2. The summed E-state index contributed by atoms with van der Waals surface area (Å²) in [6.07, 6.45) is 0. The van der Waals surface area contributed by atoms with Crippen LogP contribution in [-0.4, -0.2) is 33.4 Å². The molecule has 136 valence electrons. The lowest BCUT2D eigenvalue weighted by Gasteiger charge is -2.34. The molecule has 1 aliphatic rings. The lowest BCUT2D eigenvalue weighted by molar-refractivity contribution is -0.220. The second-order valence-corrected chi connectivity index (χ2v) is 6.72. The van der Waals surface area contributed by atoms with Crippen LogP contribution >= 0.6 is 0 Å². The van der Waals surface area contributed by atoms with E-state index >= 15 is 0 Å². The van der Waals surface area contributed by atoms with Gasteiger partial charge in [-0.2, -0.15) is 17.6 Å². The van der Waals surface area contributed by atoms with Crippen LogP contribution in [0.4, 0.5) is 28.9 Å². The van der Waals surface area contributed by atoms with Crippen molar-refractivity contribution in [3.05, 3.63) is 48.5 Å². The Kier molecular flexibility index (Phi) is 4.20. The molecule has 26 heavy (non-hydrogen) atoms. The summed E-state index contributed by atoms with van der Waals surface area (Å²) in [5.74, 6) is -16.7. The number of carboxylic acids is 1. The van der Waals surface area contributed by atoms with Gasteiger partial charge in [0.15, 0.2) is 9.79 Å². The van der Waals surface area contributed by atoms with E-state index in [9.17, 15) is 31.7 Å². The van der Waals surface area contributed by atoms with Gasteiger partial charge in [-0.3, -0.25) is 9.69 Å². The Balaban J connectivity index is 2.21. The molecular weight excluding hydrogens is 378 g/mol. The smallest absolute Gasteiger partial charge is 0.413 e. The first kappa shape index (κ1) is 18.2. The number of aliphatic carboxylic acids is 1. The molecule has 10 heteroatoms. The first-order valence-corrected chi connectivity index (χ1v) is 8.19. The number of fused-ring (bicyclic) bond motifs is 2. The van der Waals surface area contributed by atoms with Gasteiger partial charge in [0.25, 0.3) is 0 Å². The van der Waals surface area contributed by atoms with Gasteiger partial charge in [-0.25, -0.2) is 4.79 Å². The Labute approximate surface area is 147 Å². The number of carbonyl (C=O) groups excluding carboxylic acids is 1. The average molecular weight is 387 g/mol. The minimum Gasteiger partial charge on any atom is -0.606 e. The second-order valence-electron chi connectivity index (χ2n) is 5.30. The van der Waals surface area contributed by atoms with Crippen molar-refractivity contribution in [3.63, 3.8) is 0 Å². The number of amides is 1. The molecule has 1 amide bonds. The maximum Gasteiger partial charge on any atom is 0.413 e. The fourth-order valence-corrected chi connectivity index (χ4v) is 3.81. The molecule has 0 saturated heterocycles. The van der Waals surface area contributed by atoms with Crippen LogP contribution < -0.4 is 4.90 Å². The van der Waals surface area contributed by atoms with E-state index in [1.807, 2.05) is 0 Å². The third-order valence-electron chi connectivity index (χ3n) is 3.75. The predicted molar refractivity (Wildman–Crippen MR) is 82.2 cm³/mol. The lowest BCUT2D eigenvalue weighted by atomic mass is 10.1. The van der Waals surface area contributed by atoms with E-state index in [4.69, 9.17) is 5.11 Å². The molecule has 0 aromatic heterocycles. The van der Waals surface area contributed by atoms with E-state index in [-0.39, 0.29) is 26.1 Å². The second kappa shape index (κ2) is 5.99. The van der Waals surface area contributed by atoms with Gasteiger partial charge in [0, 0.05) is 11.2 Å². The number of hydrogen-bond acceptors (Lipinski definition) is 3. The zero-order chi connectivity index (χ0) is 19.3. The Morgan fingerprint density at radius 2 is 1.31 bits per heavy atom. The summed E-state index contributed by atoms with van der Waals surface area (Å²) >= 11 is -1.83. The monoisotopic (exact) mass is 387 g/mol. The van der Waals surface area contributed by atoms with Gasteiger partial charge in [-0.05, 0) is 24.3 Å². The van der Waals surface area contributed by atoms with Crippen LogP contribution in [0.15, 0.2) is 58.3 Å². The maximum absolute atomic E-state index is 14.1. The van der Waals surface area contributed by atoms with Crippen molar-refractivity contribution in [1.29, 1.82) is 0 Å². The molecule has 1 aliphatic heterocycles. The number of benzene rings is 2. The van der Waals surface area contributed by atoms with Crippen molar-refractivity contribution in [2.45, 2.75) is 21.6 Å². The number of carbonyl (C=O) groups is 2. The fraction of sp³-hybridized carbons (Fsp3) is 0.125. The molecule has 0 bridgehead atoms. The summed E-state index contributed by atoms with van der Waals surface area (Å²) in [6.45, 7) is 0. The first-order chi connectivity index (χ1) is 12.1. The van der Waals surface area contributed by atoms with E-state index < -0.39 is 34.9 Å². The van der Waals surface area contributed by atoms with Crippen molar-refractivity contribution in [3.8, 4) is 0 Å². The van der Waals surface area contributed by atoms with E-state index in [1.54, 1.807) is 0 Å². The zero-order valence-electron chi connectivity index (χ0n) is 12.7. The Hall–Kier alpha value is -2.59. The largest absolute Gasteiger partial charge is 0.606 e. The van der Waals surface area contributed by atoms with Crippen molar-refractivity contribution in [2.75, 3.05) is 4.90 Å². The molecule has 0 unspecified atom stereocenters. The predicted octanol–water partition coefficient (Wildman–Crippen LogP) is 3.19. The van der Waals surface area contributed by atoms with Crippen molar-refractivity contribution < 1.29 is 36.8 Å². The van der Waals surface area contributed by atoms with E-state index in [0.29, 0.717) is 0 Å². The molecule has 1 N–H and O–H groups in total. The molecule has 5 nitrogen and oxygen atoms in total. The van der Waals surface area contributed by atoms with Crippen LogP contribution in [-0.2, 0) is 20.8 Å². The SMILES string of the molecule is O=C(O)C(F)(F)C(F)(F)C(=O)N1c2ccccc2[S+]([O-])c2ccccc21. The Morgan fingerprint density at radius 3 is 1.73 bits per heavy atom. The fourth-order valence-electron chi connectivity index (χ4n) is 2.47. The van der Waals surface area contributed by atoms with E-state index in [1.165, 1.54) is 36.4 Å². The van der Waals surface area contributed by atoms with Gasteiger partial charge in [0.1, 0.15) is 11.4 Å². The number of para-hydroxylation sites is 2. The molecule has 0 radical (unpaired) electrons. The number of rotatable bonds is 3. The average Bonchev–Trinajstić information content (AvgIpc) is 2.61. The minimum atomic E-state index is -5.62. The summed E-state index contributed by atoms with van der Waals surface area (Å²) in [6, 6.07) is 10.5. The number of halogens is 4. The van der Waals surface area contributed by atoms with Gasteiger partial charge < -0.3 is 9.66 Å². The number of hydrogen-bond donors (Lipinski definition) is 1. The van der Waals surface area contributed by atoms with Crippen LogP contribution in [0, 0.1) is 0 Å². The van der Waals surface area contributed by atoms with Gasteiger partial charge in [-0.1, -0.05) is 24.3 Å². The number of alkyl halides is 4. The molecule has 0 spiro atoms. The molecule has 0 saturated carbocycles. The van der Waals surface area contributed by atoms with Crippen molar-refractivity contribution >= 4 is 34.4 Å². The zero-order valence-corrected chi connectivity index (χ0v) is 13.5. The number of anilines is 2. The molecule has 0 fully saturated rings. The molecule has 3 rings (SSSR count). The molecule has 0 aliphatic carbocycles. The number of nitrogens with zero attached hydrogens (tertiary/aromatic N) is 1. The highest BCUT2D eigenvalue weighted by Crippen LogP contribution is 2.47. The topological polar surface area (TPSA) is 80.7 Å². The molecule has 2 aromatic rings. The molecular formula is C16H9F4NO4S. The molecule has 0 atom stereocenters. The first-order valence-electron chi connectivity index (χ1n) is 7.04. The van der Waals surface area contributed by atoms with Gasteiger partial charge in [0.2, 0.25) is 0 Å². The van der Waals surface area contributed by atoms with Gasteiger partial charge >= 0.3 is 23.7 Å². The van der Waals surface area contributed by atoms with E-state index in [2.05, 4.69) is 0 Å². The third kappa shape index (κ3) is 2.44. The quantitative estimate of drug-likeness (QED) is 0.648. The van der Waals surface area contributed by atoms with Gasteiger partial charge in [0.05, 0.1) is 0 Å². The Bertz CT molecular complexity index is 858. The normalized spacial score (nSPS) is 14.6. The summed E-state index contributed by atoms with van der Waals surface area (Å²) in [4.78, 5) is 23.1.